The van der Waals surface area contributed by atoms with Gasteiger partial charge in [0.25, 0.3) is 0 Å². The van der Waals surface area contributed by atoms with Crippen LogP contribution in [-0.2, 0) is 13.6 Å². The first-order chi connectivity index (χ1) is 7.20. The van der Waals surface area contributed by atoms with Crippen molar-refractivity contribution in [2.75, 3.05) is 7.05 Å². The summed E-state index contributed by atoms with van der Waals surface area (Å²) in [6.07, 6.45) is 0. The molecule has 2 aromatic heterocycles. The number of hydrogen-bond acceptors (Lipinski definition) is 3. The Bertz CT molecular complexity index is 456. The number of aryl methyl sites for hydroxylation is 2. The molecule has 2 aromatic rings. The number of nitrogens with one attached hydrogen (secondary N) is 1. The zero-order chi connectivity index (χ0) is 10.8. The zero-order valence-electron chi connectivity index (χ0n) is 9.24. The molecule has 15 heavy (non-hydrogen) atoms. The monoisotopic (exact) mass is 205 g/mol. The Hall–Kier alpha value is -1.55. The summed E-state index contributed by atoms with van der Waals surface area (Å²) in [7, 11) is 3.86. The molecule has 0 saturated carbocycles. The fourth-order valence-corrected chi connectivity index (χ4v) is 1.55. The molecule has 0 atom stereocenters. The van der Waals surface area contributed by atoms with E-state index in [1.807, 2.05) is 43.9 Å². The van der Waals surface area contributed by atoms with Crippen molar-refractivity contribution in [3.05, 3.63) is 29.7 Å². The first-order valence-electron chi connectivity index (χ1n) is 4.95. The molecule has 0 fully saturated rings. The molecule has 2 rings (SSSR count). The third-order valence-corrected chi connectivity index (χ3v) is 2.33. The van der Waals surface area contributed by atoms with Crippen molar-refractivity contribution in [3.63, 3.8) is 0 Å². The normalized spacial score (nSPS) is 10.9. The predicted octanol–water partition coefficient (Wildman–Crippen LogP) is 1.71. The van der Waals surface area contributed by atoms with E-state index in [0.29, 0.717) is 0 Å². The molecule has 0 bridgehead atoms. The molecule has 1 N–H and O–H groups in total. The minimum absolute atomic E-state index is 0.809. The quantitative estimate of drug-likeness (QED) is 0.829. The highest BCUT2D eigenvalue weighted by Crippen LogP contribution is 2.21. The van der Waals surface area contributed by atoms with Gasteiger partial charge in [0, 0.05) is 13.6 Å². The molecule has 0 spiro atoms. The highest BCUT2D eigenvalue weighted by Gasteiger charge is 2.09. The van der Waals surface area contributed by atoms with E-state index >= 15 is 0 Å². The van der Waals surface area contributed by atoms with Gasteiger partial charge in [-0.05, 0) is 32.2 Å². The maximum absolute atomic E-state index is 5.52. The molecular weight excluding hydrogens is 190 g/mol. The van der Waals surface area contributed by atoms with E-state index in [1.165, 1.54) is 0 Å². The average Bonchev–Trinajstić information content (AvgIpc) is 2.75. The Morgan fingerprint density at radius 2 is 2.27 bits per heavy atom. The van der Waals surface area contributed by atoms with E-state index in [4.69, 9.17) is 4.42 Å². The van der Waals surface area contributed by atoms with Crippen molar-refractivity contribution >= 4 is 0 Å². The number of aromatic nitrogens is 2. The lowest BCUT2D eigenvalue weighted by Crippen LogP contribution is -2.09. The topological polar surface area (TPSA) is 43.0 Å². The summed E-state index contributed by atoms with van der Waals surface area (Å²) < 4.78 is 7.38. The summed E-state index contributed by atoms with van der Waals surface area (Å²) in [5, 5.41) is 7.50. The first kappa shape index (κ1) is 9.98. The molecule has 0 saturated heterocycles. The number of nitrogens with zero attached hydrogens (tertiary/aromatic N) is 2. The molecule has 0 radical (unpaired) electrons. The maximum Gasteiger partial charge on any atom is 0.154 e. The minimum Gasteiger partial charge on any atom is -0.460 e. The lowest BCUT2D eigenvalue weighted by atomic mass is 10.3. The van der Waals surface area contributed by atoms with Crippen LogP contribution in [0.2, 0.25) is 0 Å². The van der Waals surface area contributed by atoms with Crippen LogP contribution in [0.3, 0.4) is 0 Å². The molecule has 0 aliphatic rings. The van der Waals surface area contributed by atoms with Crippen molar-refractivity contribution < 1.29 is 4.42 Å². The van der Waals surface area contributed by atoms with Crippen molar-refractivity contribution in [2.45, 2.75) is 13.5 Å². The van der Waals surface area contributed by atoms with Crippen LogP contribution in [0.15, 0.2) is 22.6 Å². The minimum atomic E-state index is 0.809. The SMILES string of the molecule is CNCc1cc(-c2ccc(C)o2)nn1C. The zero-order valence-corrected chi connectivity index (χ0v) is 9.24. The predicted molar refractivity (Wildman–Crippen MR) is 58.4 cm³/mol. The maximum atomic E-state index is 5.52. The van der Waals surface area contributed by atoms with Gasteiger partial charge in [-0.25, -0.2) is 0 Å². The van der Waals surface area contributed by atoms with E-state index in [0.717, 1.165) is 29.5 Å². The molecule has 0 aliphatic carbocycles. The molecule has 4 heteroatoms. The molecule has 4 nitrogen and oxygen atoms in total. The van der Waals surface area contributed by atoms with Crippen LogP contribution < -0.4 is 5.32 Å². The van der Waals surface area contributed by atoms with Crippen LogP contribution in [0.25, 0.3) is 11.5 Å². The van der Waals surface area contributed by atoms with E-state index in [2.05, 4.69) is 10.4 Å². The summed E-state index contributed by atoms with van der Waals surface area (Å²) in [4.78, 5) is 0. The van der Waals surface area contributed by atoms with Gasteiger partial charge in [0.15, 0.2) is 5.76 Å². The Morgan fingerprint density at radius 3 is 2.87 bits per heavy atom. The molecule has 0 amide bonds. The number of furan rings is 1. The third-order valence-electron chi connectivity index (χ3n) is 2.33. The largest absolute Gasteiger partial charge is 0.460 e. The van der Waals surface area contributed by atoms with E-state index in [-0.39, 0.29) is 0 Å². The fraction of sp³-hybridized carbons (Fsp3) is 0.364. The Labute approximate surface area is 88.9 Å². The molecule has 2 heterocycles. The summed E-state index contributed by atoms with van der Waals surface area (Å²) in [6, 6.07) is 5.93. The first-order valence-corrected chi connectivity index (χ1v) is 4.95. The van der Waals surface area contributed by atoms with Crippen LogP contribution in [-0.4, -0.2) is 16.8 Å². The van der Waals surface area contributed by atoms with Crippen LogP contribution in [0.4, 0.5) is 0 Å². The highest BCUT2D eigenvalue weighted by molar-refractivity contribution is 5.52. The standard InChI is InChI=1S/C11H15N3O/c1-8-4-5-11(15-8)10-6-9(7-12-2)14(3)13-10/h4-6,12H,7H2,1-3H3. The summed E-state index contributed by atoms with van der Waals surface area (Å²) in [5.41, 5.74) is 2.03. The second kappa shape index (κ2) is 3.90. The Kier molecular flexibility index (Phi) is 2.60. The van der Waals surface area contributed by atoms with Gasteiger partial charge in [-0.1, -0.05) is 0 Å². The molecule has 0 unspecified atom stereocenters. The van der Waals surface area contributed by atoms with Gasteiger partial charge in [-0.15, -0.1) is 0 Å². The Balaban J connectivity index is 2.33. The molecular formula is C11H15N3O. The van der Waals surface area contributed by atoms with Gasteiger partial charge >= 0.3 is 0 Å². The van der Waals surface area contributed by atoms with Gasteiger partial charge in [0.1, 0.15) is 11.5 Å². The van der Waals surface area contributed by atoms with Crippen LogP contribution in [0.1, 0.15) is 11.5 Å². The van der Waals surface area contributed by atoms with Crippen LogP contribution in [0, 0.1) is 6.92 Å². The van der Waals surface area contributed by atoms with Gasteiger partial charge in [0.2, 0.25) is 0 Å². The molecule has 80 valence electrons. The lowest BCUT2D eigenvalue weighted by Gasteiger charge is -1.97. The van der Waals surface area contributed by atoms with E-state index in [1.54, 1.807) is 0 Å². The molecule has 0 aromatic carbocycles. The van der Waals surface area contributed by atoms with Crippen molar-refractivity contribution in [3.8, 4) is 11.5 Å². The van der Waals surface area contributed by atoms with Crippen molar-refractivity contribution in [1.29, 1.82) is 0 Å². The average molecular weight is 205 g/mol. The third kappa shape index (κ3) is 1.94. The van der Waals surface area contributed by atoms with E-state index < -0.39 is 0 Å². The smallest absolute Gasteiger partial charge is 0.154 e. The Morgan fingerprint density at radius 1 is 1.47 bits per heavy atom. The summed E-state index contributed by atoms with van der Waals surface area (Å²) in [5.74, 6) is 1.73. The number of hydrogen-bond donors (Lipinski definition) is 1. The van der Waals surface area contributed by atoms with E-state index in [9.17, 15) is 0 Å². The second-order valence-corrected chi connectivity index (χ2v) is 3.59. The number of rotatable bonds is 3. The van der Waals surface area contributed by atoms with Gasteiger partial charge < -0.3 is 9.73 Å². The highest BCUT2D eigenvalue weighted by atomic mass is 16.3. The van der Waals surface area contributed by atoms with Gasteiger partial charge in [-0.2, -0.15) is 5.10 Å². The molecule has 0 aliphatic heterocycles. The van der Waals surface area contributed by atoms with Crippen molar-refractivity contribution in [2.24, 2.45) is 7.05 Å². The van der Waals surface area contributed by atoms with Gasteiger partial charge in [0.05, 0.1) is 5.69 Å². The fourth-order valence-electron chi connectivity index (χ4n) is 1.55. The second-order valence-electron chi connectivity index (χ2n) is 3.59. The van der Waals surface area contributed by atoms with Crippen LogP contribution >= 0.6 is 0 Å². The summed E-state index contributed by atoms with van der Waals surface area (Å²) >= 11 is 0. The van der Waals surface area contributed by atoms with Gasteiger partial charge in [-0.3, -0.25) is 4.68 Å². The lowest BCUT2D eigenvalue weighted by molar-refractivity contribution is 0.544. The summed E-state index contributed by atoms with van der Waals surface area (Å²) in [6.45, 7) is 2.74. The van der Waals surface area contributed by atoms with Crippen molar-refractivity contribution in [1.82, 2.24) is 15.1 Å². The van der Waals surface area contributed by atoms with Crippen LogP contribution in [0.5, 0.6) is 0 Å².